The maximum absolute atomic E-state index is 6.01. The minimum absolute atomic E-state index is 0.124. The van der Waals surface area contributed by atoms with Crippen LogP contribution in [0, 0.1) is 0 Å². The van der Waals surface area contributed by atoms with E-state index >= 15 is 0 Å². The topological polar surface area (TPSA) is 56.1 Å². The van der Waals surface area contributed by atoms with Gasteiger partial charge in [-0.25, -0.2) is 4.68 Å². The number of hydrogen-bond acceptors (Lipinski definition) is 5. The Balaban J connectivity index is 1.77. The van der Waals surface area contributed by atoms with Crippen molar-refractivity contribution < 1.29 is 4.74 Å². The molecule has 110 valence electrons. The predicted octanol–water partition coefficient (Wildman–Crippen LogP) is 1.96. The Labute approximate surface area is 119 Å². The maximum atomic E-state index is 6.01. The van der Waals surface area contributed by atoms with Crippen molar-refractivity contribution in [2.75, 3.05) is 24.6 Å². The summed E-state index contributed by atoms with van der Waals surface area (Å²) in [5.74, 6) is 0.834. The molecule has 2 fully saturated rings. The van der Waals surface area contributed by atoms with Gasteiger partial charge in [0.25, 0.3) is 0 Å². The van der Waals surface area contributed by atoms with Crippen molar-refractivity contribution in [3.63, 3.8) is 0 Å². The molecule has 0 unspecified atom stereocenters. The lowest BCUT2D eigenvalue weighted by molar-refractivity contribution is -0.0564. The molecule has 1 saturated heterocycles. The number of aromatic nitrogens is 4. The first-order valence-corrected chi connectivity index (χ1v) is 7.45. The van der Waals surface area contributed by atoms with E-state index in [2.05, 4.69) is 33.9 Å². The van der Waals surface area contributed by atoms with Gasteiger partial charge in [-0.3, -0.25) is 0 Å². The smallest absolute Gasteiger partial charge is 0.246 e. The number of nitrogens with zero attached hydrogens (tertiary/aromatic N) is 5. The van der Waals surface area contributed by atoms with Gasteiger partial charge in [0.2, 0.25) is 5.95 Å². The van der Waals surface area contributed by atoms with Gasteiger partial charge in [-0.2, -0.15) is 0 Å². The third-order valence-electron chi connectivity index (χ3n) is 4.40. The minimum atomic E-state index is 0.124. The average Bonchev–Trinajstić information content (AvgIpc) is 3.00. The lowest BCUT2D eigenvalue weighted by Crippen LogP contribution is -2.36. The second-order valence-corrected chi connectivity index (χ2v) is 6.10. The first-order valence-electron chi connectivity index (χ1n) is 7.45. The second-order valence-electron chi connectivity index (χ2n) is 6.10. The van der Waals surface area contributed by atoms with Gasteiger partial charge in [-0.15, -0.1) is 0 Å². The fraction of sp³-hybridized carbons (Fsp3) is 0.786. The van der Waals surface area contributed by atoms with Crippen LogP contribution in [0.15, 0.2) is 12.2 Å². The van der Waals surface area contributed by atoms with Gasteiger partial charge in [0.15, 0.2) is 0 Å². The number of tetrazole rings is 1. The van der Waals surface area contributed by atoms with E-state index in [1.165, 1.54) is 19.3 Å². The third kappa shape index (κ3) is 2.32. The third-order valence-corrected chi connectivity index (χ3v) is 4.40. The van der Waals surface area contributed by atoms with Crippen molar-refractivity contribution in [3.05, 3.63) is 12.2 Å². The van der Waals surface area contributed by atoms with E-state index in [0.29, 0.717) is 0 Å². The summed E-state index contributed by atoms with van der Waals surface area (Å²) in [5.41, 5.74) is 1.23. The molecule has 0 bridgehead atoms. The van der Waals surface area contributed by atoms with Gasteiger partial charge in [0.05, 0.1) is 18.2 Å². The summed E-state index contributed by atoms with van der Waals surface area (Å²) in [5, 5.41) is 12.3. The highest BCUT2D eigenvalue weighted by molar-refractivity contribution is 5.31. The standard InChI is InChI=1S/C14H23N5O/c1-4-18(9-11(2)3)13-15-16-17-19(13)12-8-14(20-10-12)6-5-7-14/h12H,2,4-10H2,1,3H3/t12-/m0/s1. The fourth-order valence-electron chi connectivity index (χ4n) is 3.18. The monoisotopic (exact) mass is 277 g/mol. The first-order chi connectivity index (χ1) is 9.63. The lowest BCUT2D eigenvalue weighted by atomic mass is 9.77. The molecule has 1 aliphatic carbocycles. The molecule has 1 aliphatic heterocycles. The van der Waals surface area contributed by atoms with Crippen LogP contribution in [0.3, 0.4) is 0 Å². The molecule has 2 heterocycles. The van der Waals surface area contributed by atoms with E-state index in [1.54, 1.807) is 0 Å². The van der Waals surface area contributed by atoms with E-state index < -0.39 is 0 Å². The molecule has 1 spiro atoms. The lowest BCUT2D eigenvalue weighted by Gasteiger charge is -2.37. The van der Waals surface area contributed by atoms with Gasteiger partial charge in [-0.1, -0.05) is 17.3 Å². The molecule has 0 amide bonds. The van der Waals surface area contributed by atoms with Crippen molar-refractivity contribution in [1.29, 1.82) is 0 Å². The zero-order valence-electron chi connectivity index (χ0n) is 12.4. The summed E-state index contributed by atoms with van der Waals surface area (Å²) >= 11 is 0. The molecule has 6 heteroatoms. The van der Waals surface area contributed by atoms with Crippen LogP contribution in [0.4, 0.5) is 5.95 Å². The number of anilines is 1. The highest BCUT2D eigenvalue weighted by atomic mass is 16.5. The highest BCUT2D eigenvalue weighted by Crippen LogP contribution is 2.47. The summed E-state index contributed by atoms with van der Waals surface area (Å²) in [7, 11) is 0. The maximum Gasteiger partial charge on any atom is 0.246 e. The Bertz CT molecular complexity index is 494. The van der Waals surface area contributed by atoms with E-state index in [-0.39, 0.29) is 11.6 Å². The van der Waals surface area contributed by atoms with Crippen molar-refractivity contribution in [3.8, 4) is 0 Å². The SMILES string of the molecule is C=C(C)CN(CC)c1nnnn1[C@@H]1COC2(CCC2)C1. The Morgan fingerprint density at radius 3 is 2.90 bits per heavy atom. The average molecular weight is 277 g/mol. The molecule has 1 aromatic rings. The number of ether oxygens (including phenoxy) is 1. The highest BCUT2D eigenvalue weighted by Gasteiger charge is 2.46. The van der Waals surface area contributed by atoms with Crippen molar-refractivity contribution in [2.24, 2.45) is 0 Å². The summed E-state index contributed by atoms with van der Waals surface area (Å²) in [6, 6.07) is 0.263. The van der Waals surface area contributed by atoms with Crippen LogP contribution in [-0.2, 0) is 4.74 Å². The normalized spacial score (nSPS) is 23.8. The molecule has 0 N–H and O–H groups in total. The largest absolute Gasteiger partial charge is 0.373 e. The van der Waals surface area contributed by atoms with Crippen LogP contribution in [0.25, 0.3) is 0 Å². The Morgan fingerprint density at radius 2 is 2.35 bits per heavy atom. The summed E-state index contributed by atoms with van der Waals surface area (Å²) in [4.78, 5) is 2.16. The van der Waals surface area contributed by atoms with Crippen LogP contribution < -0.4 is 4.90 Å². The molecule has 0 radical (unpaired) electrons. The molecule has 1 atom stereocenters. The van der Waals surface area contributed by atoms with Gasteiger partial charge >= 0.3 is 0 Å². The summed E-state index contributed by atoms with van der Waals surface area (Å²) in [6.07, 6.45) is 4.69. The fourth-order valence-corrected chi connectivity index (χ4v) is 3.18. The molecular formula is C14H23N5O. The van der Waals surface area contributed by atoms with Crippen LogP contribution in [0.5, 0.6) is 0 Å². The van der Waals surface area contributed by atoms with E-state index in [4.69, 9.17) is 4.74 Å². The zero-order chi connectivity index (χ0) is 14.2. The molecule has 6 nitrogen and oxygen atoms in total. The van der Waals surface area contributed by atoms with Crippen LogP contribution in [0.2, 0.25) is 0 Å². The van der Waals surface area contributed by atoms with E-state index in [1.807, 2.05) is 11.6 Å². The van der Waals surface area contributed by atoms with Crippen molar-refractivity contribution >= 4 is 5.95 Å². The van der Waals surface area contributed by atoms with Crippen molar-refractivity contribution in [1.82, 2.24) is 20.2 Å². The molecule has 1 saturated carbocycles. The van der Waals surface area contributed by atoms with Crippen molar-refractivity contribution in [2.45, 2.75) is 51.2 Å². The molecule has 2 aliphatic rings. The molecule has 1 aromatic heterocycles. The first kappa shape index (κ1) is 13.5. The van der Waals surface area contributed by atoms with E-state index in [9.17, 15) is 0 Å². The van der Waals surface area contributed by atoms with Crippen LogP contribution >= 0.6 is 0 Å². The number of rotatable bonds is 5. The van der Waals surface area contributed by atoms with Gasteiger partial charge in [-0.05, 0) is 43.5 Å². The molecule has 20 heavy (non-hydrogen) atoms. The Hall–Kier alpha value is -1.43. The zero-order valence-corrected chi connectivity index (χ0v) is 12.4. The van der Waals surface area contributed by atoms with Crippen LogP contribution in [-0.4, -0.2) is 45.5 Å². The summed E-state index contributed by atoms with van der Waals surface area (Å²) < 4.78 is 7.95. The minimum Gasteiger partial charge on any atom is -0.373 e. The van der Waals surface area contributed by atoms with E-state index in [0.717, 1.165) is 37.6 Å². The summed E-state index contributed by atoms with van der Waals surface area (Å²) in [6.45, 7) is 10.5. The van der Waals surface area contributed by atoms with Crippen LogP contribution in [0.1, 0.15) is 45.6 Å². The molecular weight excluding hydrogens is 254 g/mol. The Kier molecular flexibility index (Phi) is 3.50. The molecule has 3 rings (SSSR count). The van der Waals surface area contributed by atoms with Gasteiger partial charge in [0.1, 0.15) is 0 Å². The quantitative estimate of drug-likeness (QED) is 0.770. The molecule has 0 aromatic carbocycles. The number of hydrogen-bond donors (Lipinski definition) is 0. The van der Waals surface area contributed by atoms with Gasteiger partial charge in [0, 0.05) is 19.5 Å². The second kappa shape index (κ2) is 5.16. The predicted molar refractivity (Wildman–Crippen MR) is 76.7 cm³/mol. The van der Waals surface area contributed by atoms with Gasteiger partial charge < -0.3 is 9.64 Å². The Morgan fingerprint density at radius 1 is 1.55 bits per heavy atom. The number of likely N-dealkylation sites (N-methyl/N-ethyl adjacent to an activating group) is 1.